The van der Waals surface area contributed by atoms with Gasteiger partial charge in [-0.25, -0.2) is 0 Å². The highest BCUT2D eigenvalue weighted by Crippen LogP contribution is 2.28. The first-order chi connectivity index (χ1) is 8.22. The first kappa shape index (κ1) is 14.2. The number of ether oxygens (including phenoxy) is 1. The lowest BCUT2D eigenvalue weighted by Gasteiger charge is -2.37. The van der Waals surface area contributed by atoms with Gasteiger partial charge >= 0.3 is 0 Å². The SMILES string of the molecule is C=CCCC(=O)NCC1(COC)CCNCC1. The average Bonchev–Trinajstić information content (AvgIpc) is 2.35. The Balaban J connectivity index is 2.38. The van der Waals surface area contributed by atoms with Gasteiger partial charge in [0.05, 0.1) is 6.61 Å². The number of carbonyl (C=O) groups is 1. The zero-order valence-corrected chi connectivity index (χ0v) is 10.8. The van der Waals surface area contributed by atoms with Gasteiger partial charge in [-0.15, -0.1) is 6.58 Å². The number of nitrogens with one attached hydrogen (secondary N) is 2. The predicted molar refractivity (Wildman–Crippen MR) is 68.9 cm³/mol. The van der Waals surface area contributed by atoms with Crippen molar-refractivity contribution in [1.29, 1.82) is 0 Å². The summed E-state index contributed by atoms with van der Waals surface area (Å²) in [6.07, 6.45) is 5.16. The van der Waals surface area contributed by atoms with Gasteiger partial charge in [0.1, 0.15) is 0 Å². The Morgan fingerprint density at radius 2 is 2.24 bits per heavy atom. The molecule has 1 rings (SSSR count). The number of amides is 1. The van der Waals surface area contributed by atoms with Crippen molar-refractivity contribution in [2.24, 2.45) is 5.41 Å². The van der Waals surface area contributed by atoms with Crippen LogP contribution in [-0.4, -0.2) is 39.3 Å². The van der Waals surface area contributed by atoms with Crippen molar-refractivity contribution in [3.8, 4) is 0 Å². The molecule has 0 aromatic heterocycles. The molecule has 4 heteroatoms. The van der Waals surface area contributed by atoms with Crippen molar-refractivity contribution in [3.63, 3.8) is 0 Å². The van der Waals surface area contributed by atoms with E-state index in [0.29, 0.717) is 6.42 Å². The maximum atomic E-state index is 11.6. The van der Waals surface area contributed by atoms with Gasteiger partial charge in [0, 0.05) is 25.5 Å². The largest absolute Gasteiger partial charge is 0.384 e. The van der Waals surface area contributed by atoms with Gasteiger partial charge in [0.25, 0.3) is 0 Å². The summed E-state index contributed by atoms with van der Waals surface area (Å²) in [6.45, 7) is 7.07. The number of piperidine rings is 1. The molecule has 17 heavy (non-hydrogen) atoms. The quantitative estimate of drug-likeness (QED) is 0.655. The zero-order valence-electron chi connectivity index (χ0n) is 10.8. The molecule has 1 heterocycles. The third kappa shape index (κ3) is 4.88. The monoisotopic (exact) mass is 240 g/mol. The smallest absolute Gasteiger partial charge is 0.220 e. The molecule has 0 unspecified atom stereocenters. The summed E-state index contributed by atoms with van der Waals surface area (Å²) in [5.41, 5.74) is 0.115. The Morgan fingerprint density at radius 1 is 1.53 bits per heavy atom. The third-order valence-electron chi connectivity index (χ3n) is 3.35. The lowest BCUT2D eigenvalue weighted by molar-refractivity contribution is -0.121. The summed E-state index contributed by atoms with van der Waals surface area (Å²) in [4.78, 5) is 11.6. The van der Waals surface area contributed by atoms with E-state index in [1.54, 1.807) is 13.2 Å². The summed E-state index contributed by atoms with van der Waals surface area (Å²) < 4.78 is 5.30. The first-order valence-corrected chi connectivity index (χ1v) is 6.30. The van der Waals surface area contributed by atoms with Crippen molar-refractivity contribution in [3.05, 3.63) is 12.7 Å². The minimum absolute atomic E-state index is 0.110. The van der Waals surface area contributed by atoms with Gasteiger partial charge in [-0.05, 0) is 32.4 Å². The van der Waals surface area contributed by atoms with Gasteiger partial charge in [-0.3, -0.25) is 4.79 Å². The van der Waals surface area contributed by atoms with E-state index in [0.717, 1.165) is 45.5 Å². The lowest BCUT2D eigenvalue weighted by Crippen LogP contribution is -2.47. The number of allylic oxidation sites excluding steroid dienone is 1. The Bertz CT molecular complexity index is 242. The molecule has 0 saturated carbocycles. The zero-order chi connectivity index (χ0) is 12.6. The highest BCUT2D eigenvalue weighted by atomic mass is 16.5. The molecule has 1 amide bonds. The van der Waals surface area contributed by atoms with E-state index in [2.05, 4.69) is 17.2 Å². The van der Waals surface area contributed by atoms with Gasteiger partial charge in [0.15, 0.2) is 0 Å². The van der Waals surface area contributed by atoms with E-state index in [1.165, 1.54) is 0 Å². The molecule has 0 bridgehead atoms. The van der Waals surface area contributed by atoms with Crippen LogP contribution in [0.4, 0.5) is 0 Å². The molecule has 0 radical (unpaired) electrons. The maximum absolute atomic E-state index is 11.6. The molecule has 0 aromatic rings. The molecular weight excluding hydrogens is 216 g/mol. The van der Waals surface area contributed by atoms with Crippen LogP contribution in [0.1, 0.15) is 25.7 Å². The predicted octanol–water partition coefficient (Wildman–Crippen LogP) is 1.08. The van der Waals surface area contributed by atoms with E-state index >= 15 is 0 Å². The highest BCUT2D eigenvalue weighted by Gasteiger charge is 2.32. The number of hydrogen-bond donors (Lipinski definition) is 2. The molecule has 98 valence electrons. The molecule has 0 atom stereocenters. The van der Waals surface area contributed by atoms with Crippen LogP contribution >= 0.6 is 0 Å². The summed E-state index contributed by atoms with van der Waals surface area (Å²) in [6, 6.07) is 0. The Hall–Kier alpha value is -0.870. The van der Waals surface area contributed by atoms with Gasteiger partial charge < -0.3 is 15.4 Å². The number of rotatable bonds is 7. The van der Waals surface area contributed by atoms with Crippen LogP contribution < -0.4 is 10.6 Å². The minimum atomic E-state index is 0.110. The molecular formula is C13H24N2O2. The molecule has 1 aliphatic rings. The Labute approximate surface area is 104 Å². The first-order valence-electron chi connectivity index (χ1n) is 6.30. The fraction of sp³-hybridized carbons (Fsp3) is 0.769. The topological polar surface area (TPSA) is 50.4 Å². The standard InChI is InChI=1S/C13H24N2O2/c1-3-4-5-12(16)15-10-13(11-17-2)6-8-14-9-7-13/h3,14H,1,4-11H2,2H3,(H,15,16). The van der Waals surface area contributed by atoms with Crippen molar-refractivity contribution < 1.29 is 9.53 Å². The summed E-state index contributed by atoms with van der Waals surface area (Å²) >= 11 is 0. The third-order valence-corrected chi connectivity index (χ3v) is 3.35. The van der Waals surface area contributed by atoms with Crippen LogP contribution in [0.15, 0.2) is 12.7 Å². The molecule has 2 N–H and O–H groups in total. The van der Waals surface area contributed by atoms with E-state index < -0.39 is 0 Å². The minimum Gasteiger partial charge on any atom is -0.384 e. The van der Waals surface area contributed by atoms with Crippen LogP contribution in [0.3, 0.4) is 0 Å². The second-order valence-electron chi connectivity index (χ2n) is 4.79. The molecule has 1 saturated heterocycles. The van der Waals surface area contributed by atoms with Crippen LogP contribution in [0.2, 0.25) is 0 Å². The van der Waals surface area contributed by atoms with E-state index in [1.807, 2.05) is 0 Å². The van der Waals surface area contributed by atoms with Crippen LogP contribution in [0.5, 0.6) is 0 Å². The summed E-state index contributed by atoms with van der Waals surface area (Å²) in [5, 5.41) is 6.36. The van der Waals surface area contributed by atoms with E-state index in [9.17, 15) is 4.79 Å². The number of carbonyl (C=O) groups excluding carboxylic acids is 1. The number of hydrogen-bond acceptors (Lipinski definition) is 3. The lowest BCUT2D eigenvalue weighted by atomic mass is 9.79. The molecule has 4 nitrogen and oxygen atoms in total. The Morgan fingerprint density at radius 3 is 2.82 bits per heavy atom. The van der Waals surface area contributed by atoms with E-state index in [-0.39, 0.29) is 11.3 Å². The second kappa shape index (κ2) is 7.45. The molecule has 0 spiro atoms. The van der Waals surface area contributed by atoms with Gasteiger partial charge in [0.2, 0.25) is 5.91 Å². The van der Waals surface area contributed by atoms with Gasteiger partial charge in [-0.1, -0.05) is 6.08 Å². The summed E-state index contributed by atoms with van der Waals surface area (Å²) in [7, 11) is 1.73. The van der Waals surface area contributed by atoms with Crippen molar-refractivity contribution in [1.82, 2.24) is 10.6 Å². The second-order valence-corrected chi connectivity index (χ2v) is 4.79. The van der Waals surface area contributed by atoms with Crippen molar-refractivity contribution in [2.75, 3.05) is 33.4 Å². The van der Waals surface area contributed by atoms with Crippen LogP contribution in [0, 0.1) is 5.41 Å². The van der Waals surface area contributed by atoms with Gasteiger partial charge in [-0.2, -0.15) is 0 Å². The molecule has 1 fully saturated rings. The molecule has 1 aliphatic heterocycles. The van der Waals surface area contributed by atoms with Crippen molar-refractivity contribution >= 4 is 5.91 Å². The molecule has 0 aliphatic carbocycles. The van der Waals surface area contributed by atoms with Crippen LogP contribution in [-0.2, 0) is 9.53 Å². The van der Waals surface area contributed by atoms with Crippen molar-refractivity contribution in [2.45, 2.75) is 25.7 Å². The van der Waals surface area contributed by atoms with E-state index in [4.69, 9.17) is 4.74 Å². The number of methoxy groups -OCH3 is 1. The van der Waals surface area contributed by atoms with Crippen LogP contribution in [0.25, 0.3) is 0 Å². The average molecular weight is 240 g/mol. The highest BCUT2D eigenvalue weighted by molar-refractivity contribution is 5.76. The Kier molecular flexibility index (Phi) is 6.22. The fourth-order valence-corrected chi connectivity index (χ4v) is 2.24. The maximum Gasteiger partial charge on any atom is 0.220 e. The summed E-state index contributed by atoms with van der Waals surface area (Å²) in [5.74, 6) is 0.110. The molecule has 0 aromatic carbocycles. The fourth-order valence-electron chi connectivity index (χ4n) is 2.24. The normalized spacial score (nSPS) is 18.6.